The summed E-state index contributed by atoms with van der Waals surface area (Å²) in [7, 11) is 0. The summed E-state index contributed by atoms with van der Waals surface area (Å²) in [5.74, 6) is -0.620. The molecule has 0 spiro atoms. The number of hydrogen-bond acceptors (Lipinski definition) is 3. The van der Waals surface area contributed by atoms with Crippen LogP contribution in [-0.2, 0) is 5.41 Å². The van der Waals surface area contributed by atoms with Crippen LogP contribution in [-0.4, -0.2) is 11.8 Å². The fraction of sp³-hybridized carbons (Fsp3) is 0.0732. The van der Waals surface area contributed by atoms with Crippen molar-refractivity contribution in [2.24, 2.45) is 0 Å². The maximum Gasteiger partial charge on any atom is 0.266 e. The summed E-state index contributed by atoms with van der Waals surface area (Å²) in [4.78, 5) is 31.4. The van der Waals surface area contributed by atoms with E-state index in [4.69, 9.17) is 0 Å². The van der Waals surface area contributed by atoms with Gasteiger partial charge in [0.05, 0.1) is 28.2 Å². The molecule has 2 heterocycles. The summed E-state index contributed by atoms with van der Waals surface area (Å²) in [6.45, 7) is 4.53. The number of amides is 2. The Morgan fingerprint density at radius 2 is 0.800 bits per heavy atom. The molecule has 0 saturated heterocycles. The normalized spacial score (nSPS) is 14.6. The molecule has 2 amide bonds. The third-order valence-electron chi connectivity index (χ3n) is 9.20. The molecule has 45 heavy (non-hydrogen) atoms. The number of hydrogen-bond donors (Lipinski definition) is 0. The summed E-state index contributed by atoms with van der Waals surface area (Å²) in [5.41, 5.74) is 10.8. The average molecular weight is 583 g/mol. The lowest BCUT2D eigenvalue weighted by atomic mass is 9.73. The molecule has 0 aromatic heterocycles. The standard InChI is InChI=1S/C41H30N2O2/c1-41(2)35-17-9-11-19-37(35)42(38-20-12-10-18-36(38)41)29-21-23-30(24-22-29)43-39(44)33-25-31(27-13-5-3-6-14-27)32(26-34(33)40(43)45)28-15-7-4-8-16-28/h3-26H,1-2H3. The molecule has 4 heteroatoms. The molecule has 0 unspecified atom stereocenters. The molecule has 2 aliphatic rings. The van der Waals surface area contributed by atoms with Crippen molar-refractivity contribution in [1.29, 1.82) is 0 Å². The SMILES string of the molecule is CC1(C)c2ccccc2N(c2ccc(N3C(=O)c4cc(-c5ccccc5)c(-c5ccccc5)cc4C3=O)cc2)c2ccccc21. The smallest absolute Gasteiger partial charge is 0.266 e. The Labute approximate surface area is 262 Å². The van der Waals surface area contributed by atoms with E-state index < -0.39 is 0 Å². The van der Waals surface area contributed by atoms with E-state index in [0.29, 0.717) is 16.8 Å². The first kappa shape index (κ1) is 26.9. The molecule has 0 fully saturated rings. The lowest BCUT2D eigenvalue weighted by molar-refractivity contribution is 0.0926. The van der Waals surface area contributed by atoms with E-state index in [1.54, 1.807) is 0 Å². The van der Waals surface area contributed by atoms with Gasteiger partial charge in [-0.1, -0.05) is 111 Å². The Balaban J connectivity index is 1.20. The van der Waals surface area contributed by atoms with Crippen LogP contribution in [0.15, 0.2) is 146 Å². The summed E-state index contributed by atoms with van der Waals surface area (Å²) in [6.07, 6.45) is 0. The van der Waals surface area contributed by atoms with Crippen LogP contribution in [0, 0.1) is 0 Å². The maximum atomic E-state index is 13.9. The summed E-state index contributed by atoms with van der Waals surface area (Å²) in [6, 6.07) is 48.5. The number of carbonyl (C=O) groups is 2. The number of para-hydroxylation sites is 2. The van der Waals surface area contributed by atoms with Crippen LogP contribution in [0.4, 0.5) is 22.7 Å². The first-order chi connectivity index (χ1) is 21.9. The van der Waals surface area contributed by atoms with Crippen LogP contribution in [0.2, 0.25) is 0 Å². The lowest BCUT2D eigenvalue weighted by Gasteiger charge is -2.42. The molecule has 216 valence electrons. The van der Waals surface area contributed by atoms with Crippen molar-refractivity contribution >= 4 is 34.6 Å². The number of anilines is 4. The summed E-state index contributed by atoms with van der Waals surface area (Å²) >= 11 is 0. The van der Waals surface area contributed by atoms with Gasteiger partial charge in [-0.25, -0.2) is 4.90 Å². The predicted octanol–water partition coefficient (Wildman–Crippen LogP) is 9.93. The molecule has 6 aromatic carbocycles. The second-order valence-corrected chi connectivity index (χ2v) is 12.1. The number of rotatable bonds is 4. The van der Waals surface area contributed by atoms with E-state index in [1.807, 2.05) is 97.1 Å². The first-order valence-electron chi connectivity index (χ1n) is 15.2. The van der Waals surface area contributed by atoms with Crippen molar-refractivity contribution in [3.8, 4) is 22.3 Å². The molecule has 0 bridgehead atoms. The highest BCUT2D eigenvalue weighted by Crippen LogP contribution is 2.51. The Bertz CT molecular complexity index is 1990. The Kier molecular flexibility index (Phi) is 6.07. The topological polar surface area (TPSA) is 40.6 Å². The van der Waals surface area contributed by atoms with Crippen LogP contribution >= 0.6 is 0 Å². The molecule has 6 aromatic rings. The average Bonchev–Trinajstić information content (AvgIpc) is 3.33. The van der Waals surface area contributed by atoms with E-state index in [2.05, 4.69) is 67.3 Å². The van der Waals surface area contributed by atoms with Gasteiger partial charge in [0.15, 0.2) is 0 Å². The van der Waals surface area contributed by atoms with Gasteiger partial charge in [0, 0.05) is 11.1 Å². The summed E-state index contributed by atoms with van der Waals surface area (Å²) < 4.78 is 0. The highest BCUT2D eigenvalue weighted by atomic mass is 16.2. The largest absolute Gasteiger partial charge is 0.310 e. The fourth-order valence-corrected chi connectivity index (χ4v) is 6.93. The Morgan fingerprint density at radius 1 is 0.422 bits per heavy atom. The molecule has 4 nitrogen and oxygen atoms in total. The zero-order valence-electron chi connectivity index (χ0n) is 25.1. The molecule has 0 N–H and O–H groups in total. The van der Waals surface area contributed by atoms with E-state index in [9.17, 15) is 9.59 Å². The molecule has 0 saturated carbocycles. The van der Waals surface area contributed by atoms with E-state index in [1.165, 1.54) is 16.0 Å². The molecule has 0 radical (unpaired) electrons. The van der Waals surface area contributed by atoms with Crippen molar-refractivity contribution in [2.75, 3.05) is 9.80 Å². The molecular weight excluding hydrogens is 552 g/mol. The monoisotopic (exact) mass is 582 g/mol. The van der Waals surface area contributed by atoms with E-state index in [0.717, 1.165) is 39.3 Å². The van der Waals surface area contributed by atoms with Crippen LogP contribution in [0.5, 0.6) is 0 Å². The quantitative estimate of drug-likeness (QED) is 0.194. The molecule has 2 aliphatic heterocycles. The lowest BCUT2D eigenvalue weighted by Crippen LogP contribution is -2.31. The van der Waals surface area contributed by atoms with Gasteiger partial charge in [-0.15, -0.1) is 0 Å². The van der Waals surface area contributed by atoms with E-state index >= 15 is 0 Å². The van der Waals surface area contributed by atoms with Gasteiger partial charge in [0.25, 0.3) is 11.8 Å². The van der Waals surface area contributed by atoms with Crippen molar-refractivity contribution in [2.45, 2.75) is 19.3 Å². The molecule has 0 aliphatic carbocycles. The Hall–Kier alpha value is -5.74. The van der Waals surface area contributed by atoms with Gasteiger partial charge in [0.1, 0.15) is 0 Å². The van der Waals surface area contributed by atoms with Gasteiger partial charge in [-0.05, 0) is 81.9 Å². The van der Waals surface area contributed by atoms with E-state index in [-0.39, 0.29) is 17.2 Å². The maximum absolute atomic E-state index is 13.9. The van der Waals surface area contributed by atoms with Crippen LogP contribution in [0.1, 0.15) is 45.7 Å². The van der Waals surface area contributed by atoms with Crippen LogP contribution in [0.25, 0.3) is 22.3 Å². The van der Waals surface area contributed by atoms with Gasteiger partial charge in [0.2, 0.25) is 0 Å². The highest BCUT2D eigenvalue weighted by molar-refractivity contribution is 6.35. The molecular formula is C41H30N2O2. The van der Waals surface area contributed by atoms with Crippen LogP contribution < -0.4 is 9.80 Å². The second-order valence-electron chi connectivity index (χ2n) is 12.1. The van der Waals surface area contributed by atoms with Crippen molar-refractivity contribution in [1.82, 2.24) is 0 Å². The van der Waals surface area contributed by atoms with Gasteiger partial charge < -0.3 is 4.90 Å². The number of benzene rings is 6. The number of fused-ring (bicyclic) bond motifs is 3. The minimum Gasteiger partial charge on any atom is -0.310 e. The third-order valence-corrected chi connectivity index (χ3v) is 9.20. The highest BCUT2D eigenvalue weighted by Gasteiger charge is 2.39. The van der Waals surface area contributed by atoms with Gasteiger partial charge >= 0.3 is 0 Å². The fourth-order valence-electron chi connectivity index (χ4n) is 6.93. The minimum atomic E-state index is -0.310. The number of nitrogens with zero attached hydrogens (tertiary/aromatic N) is 2. The van der Waals surface area contributed by atoms with Crippen LogP contribution in [0.3, 0.4) is 0 Å². The van der Waals surface area contributed by atoms with Gasteiger partial charge in [-0.3, -0.25) is 9.59 Å². The summed E-state index contributed by atoms with van der Waals surface area (Å²) in [5, 5.41) is 0. The predicted molar refractivity (Wildman–Crippen MR) is 182 cm³/mol. The van der Waals surface area contributed by atoms with Gasteiger partial charge in [-0.2, -0.15) is 0 Å². The zero-order valence-corrected chi connectivity index (χ0v) is 25.1. The number of carbonyl (C=O) groups excluding carboxylic acids is 2. The minimum absolute atomic E-state index is 0.152. The van der Waals surface area contributed by atoms with Crippen molar-refractivity contribution in [3.05, 3.63) is 168 Å². The zero-order chi connectivity index (χ0) is 30.7. The second kappa shape index (κ2) is 10.2. The molecule has 8 rings (SSSR count). The van der Waals surface area contributed by atoms with Crippen molar-refractivity contribution < 1.29 is 9.59 Å². The third kappa shape index (κ3) is 4.14. The first-order valence-corrected chi connectivity index (χ1v) is 15.2. The van der Waals surface area contributed by atoms with Crippen molar-refractivity contribution in [3.63, 3.8) is 0 Å². The molecule has 0 atom stereocenters. The Morgan fingerprint density at radius 3 is 1.24 bits per heavy atom. The number of imide groups is 1.